The van der Waals surface area contributed by atoms with Crippen molar-refractivity contribution < 1.29 is 0 Å². The van der Waals surface area contributed by atoms with Crippen molar-refractivity contribution in [3.8, 4) is 28.3 Å². The number of hydrogen-bond acceptors (Lipinski definition) is 1. The second kappa shape index (κ2) is 13.9. The van der Waals surface area contributed by atoms with Crippen LogP contribution in [0.1, 0.15) is 74.4 Å². The van der Waals surface area contributed by atoms with E-state index in [0.29, 0.717) is 18.3 Å². The van der Waals surface area contributed by atoms with E-state index < -0.39 is 0 Å². The molecule has 0 aliphatic heterocycles. The zero-order valence-corrected chi connectivity index (χ0v) is 26.6. The smallest absolute Gasteiger partial charge is 0.0625 e. The molecule has 218 valence electrons. The van der Waals surface area contributed by atoms with Gasteiger partial charge in [0, 0.05) is 6.42 Å². The van der Waals surface area contributed by atoms with Crippen LogP contribution in [-0.2, 0) is 32.1 Å². The second-order valence-corrected chi connectivity index (χ2v) is 12.9. The molecule has 0 aliphatic carbocycles. The van der Waals surface area contributed by atoms with Gasteiger partial charge in [-0.15, -0.1) is 0 Å². The molecule has 0 aromatic heterocycles. The van der Waals surface area contributed by atoms with E-state index in [2.05, 4.69) is 138 Å². The molecule has 0 aliphatic rings. The van der Waals surface area contributed by atoms with Gasteiger partial charge < -0.3 is 0 Å². The van der Waals surface area contributed by atoms with Crippen molar-refractivity contribution in [2.75, 3.05) is 0 Å². The Morgan fingerprint density at radius 3 is 1.93 bits per heavy atom. The van der Waals surface area contributed by atoms with Crippen LogP contribution in [0.3, 0.4) is 0 Å². The van der Waals surface area contributed by atoms with Crippen LogP contribution >= 0.6 is 0 Å². The molecule has 0 radical (unpaired) electrons. The summed E-state index contributed by atoms with van der Waals surface area (Å²) in [6.45, 7) is 11.5. The quantitative estimate of drug-likeness (QED) is 0.157. The zero-order valence-electron chi connectivity index (χ0n) is 26.6. The van der Waals surface area contributed by atoms with E-state index in [9.17, 15) is 0 Å². The van der Waals surface area contributed by atoms with Gasteiger partial charge in [0.25, 0.3) is 0 Å². The van der Waals surface area contributed by atoms with Crippen LogP contribution in [0.2, 0.25) is 0 Å². The average Bonchev–Trinajstić information content (AvgIpc) is 3.00. The maximum absolute atomic E-state index is 9.11. The van der Waals surface area contributed by atoms with Crippen molar-refractivity contribution in [1.29, 1.82) is 5.26 Å². The number of benzene rings is 5. The first-order valence-corrected chi connectivity index (χ1v) is 16.1. The summed E-state index contributed by atoms with van der Waals surface area (Å²) in [5.74, 6) is 1.12. The van der Waals surface area contributed by atoms with E-state index in [0.717, 1.165) is 32.1 Å². The van der Waals surface area contributed by atoms with E-state index in [1.165, 1.54) is 66.4 Å². The first-order chi connectivity index (χ1) is 20.9. The summed E-state index contributed by atoms with van der Waals surface area (Å²) in [7, 11) is 0. The fourth-order valence-electron chi connectivity index (χ4n) is 6.50. The number of hydrogen-bond donors (Lipinski definition) is 0. The number of fused-ring (bicyclic) bond motifs is 1. The molecule has 0 spiro atoms. The third-order valence-corrected chi connectivity index (χ3v) is 8.53. The fraction of sp³-hybridized carbons (Fsp3) is 0.310. The molecule has 0 unspecified atom stereocenters. The Hall–Kier alpha value is -4.15. The van der Waals surface area contributed by atoms with E-state index in [-0.39, 0.29) is 0 Å². The van der Waals surface area contributed by atoms with Crippen LogP contribution in [0.5, 0.6) is 0 Å². The molecule has 0 amide bonds. The minimum atomic E-state index is 0.558. The molecule has 5 rings (SSSR count). The highest BCUT2D eigenvalue weighted by molar-refractivity contribution is 5.86. The van der Waals surface area contributed by atoms with Crippen molar-refractivity contribution in [3.63, 3.8) is 0 Å². The lowest BCUT2D eigenvalue weighted by Gasteiger charge is -2.19. The number of rotatable bonds is 11. The van der Waals surface area contributed by atoms with Gasteiger partial charge in [-0.2, -0.15) is 5.26 Å². The molecule has 43 heavy (non-hydrogen) atoms. The van der Waals surface area contributed by atoms with Gasteiger partial charge in [0.1, 0.15) is 0 Å². The van der Waals surface area contributed by atoms with E-state index >= 15 is 0 Å². The number of nitriles is 1. The summed E-state index contributed by atoms with van der Waals surface area (Å²) in [6, 6.07) is 38.8. The van der Waals surface area contributed by atoms with Crippen molar-refractivity contribution in [3.05, 3.63) is 130 Å². The Labute approximate surface area is 259 Å². The van der Waals surface area contributed by atoms with Crippen molar-refractivity contribution in [2.45, 2.75) is 73.1 Å². The predicted molar refractivity (Wildman–Crippen MR) is 184 cm³/mol. The Bertz CT molecular complexity index is 1740. The lowest BCUT2D eigenvalue weighted by Crippen LogP contribution is -2.02. The number of aryl methyl sites for hydroxylation is 2. The van der Waals surface area contributed by atoms with Crippen LogP contribution in [0, 0.1) is 23.2 Å². The van der Waals surface area contributed by atoms with Crippen molar-refractivity contribution in [1.82, 2.24) is 0 Å². The second-order valence-electron chi connectivity index (χ2n) is 12.9. The summed E-state index contributed by atoms with van der Waals surface area (Å²) in [4.78, 5) is 0. The molecule has 1 heteroatoms. The first kappa shape index (κ1) is 30.3. The Morgan fingerprint density at radius 2 is 1.23 bits per heavy atom. The van der Waals surface area contributed by atoms with Crippen LogP contribution in [0.4, 0.5) is 0 Å². The van der Waals surface area contributed by atoms with Crippen LogP contribution in [0.25, 0.3) is 33.0 Å². The lowest BCUT2D eigenvalue weighted by atomic mass is 9.86. The van der Waals surface area contributed by atoms with Gasteiger partial charge >= 0.3 is 0 Å². The summed E-state index contributed by atoms with van der Waals surface area (Å²) >= 11 is 0. The van der Waals surface area contributed by atoms with Crippen molar-refractivity contribution >= 4 is 10.8 Å². The first-order valence-electron chi connectivity index (χ1n) is 16.1. The van der Waals surface area contributed by atoms with Gasteiger partial charge in [-0.3, -0.25) is 0 Å². The summed E-state index contributed by atoms with van der Waals surface area (Å²) in [6.07, 6.45) is 5.42. The molecule has 5 aromatic carbocycles. The van der Waals surface area contributed by atoms with Gasteiger partial charge in [-0.05, 0) is 110 Å². The molecule has 1 nitrogen and oxygen atoms in total. The van der Waals surface area contributed by atoms with Gasteiger partial charge in [-0.25, -0.2) is 0 Å². The molecule has 0 fully saturated rings. The highest BCUT2D eigenvalue weighted by Gasteiger charge is 2.15. The Kier molecular flexibility index (Phi) is 9.79. The lowest BCUT2D eigenvalue weighted by molar-refractivity contribution is 0.646. The highest BCUT2D eigenvalue weighted by atomic mass is 14.2. The third-order valence-electron chi connectivity index (χ3n) is 8.53. The molecule has 0 saturated heterocycles. The van der Waals surface area contributed by atoms with Gasteiger partial charge in [-0.1, -0.05) is 132 Å². The fourth-order valence-corrected chi connectivity index (χ4v) is 6.50. The summed E-state index contributed by atoms with van der Waals surface area (Å²) in [5.41, 5.74) is 13.6. The number of nitrogens with zero attached hydrogens (tertiary/aromatic N) is 1. The van der Waals surface area contributed by atoms with Crippen LogP contribution in [-0.4, -0.2) is 0 Å². The topological polar surface area (TPSA) is 23.8 Å². The van der Waals surface area contributed by atoms with E-state index in [1.54, 1.807) is 0 Å². The molecule has 0 saturated carbocycles. The molecule has 5 aromatic rings. The van der Waals surface area contributed by atoms with Gasteiger partial charge in [0.2, 0.25) is 0 Å². The average molecular weight is 564 g/mol. The molecule has 0 heterocycles. The summed E-state index contributed by atoms with van der Waals surface area (Å²) < 4.78 is 0. The maximum Gasteiger partial charge on any atom is 0.0625 e. The predicted octanol–water partition coefficient (Wildman–Crippen LogP) is 11.2. The minimum absolute atomic E-state index is 0.558. The Morgan fingerprint density at radius 1 is 0.605 bits per heavy atom. The highest BCUT2D eigenvalue weighted by Crippen LogP contribution is 2.35. The Balaban J connectivity index is 1.56. The van der Waals surface area contributed by atoms with Gasteiger partial charge in [0.05, 0.1) is 6.07 Å². The molecular weight excluding hydrogens is 518 g/mol. The minimum Gasteiger partial charge on any atom is -0.198 e. The van der Waals surface area contributed by atoms with Crippen LogP contribution < -0.4 is 0 Å². The third kappa shape index (κ3) is 7.26. The molecule has 0 N–H and O–H groups in total. The molecule has 0 bridgehead atoms. The normalized spacial score (nSPS) is 11.4. The standard InChI is InChI=1S/C42H45N/c1-6-32-17-18-35(27-37(32)26-34-14-9-13-33-12-7-8-15-40(33)34)42-21-19-36(28-39(42)24-30(4)5)41-20-16-31(11-10-22-43)25-38(41)23-29(2)3/h7-9,12-21,25,27-30H,6,10-11,23-24,26H2,1-5H3. The molecule has 0 atom stereocenters. The SMILES string of the molecule is CCc1ccc(-c2ccc(-c3ccc(CCC#N)cc3CC(C)C)cc2CC(C)C)cc1Cc1cccc2ccccc12. The largest absolute Gasteiger partial charge is 0.198 e. The monoisotopic (exact) mass is 563 g/mol. The van der Waals surface area contributed by atoms with Crippen LogP contribution in [0.15, 0.2) is 97.1 Å². The zero-order chi connectivity index (χ0) is 30.3. The van der Waals surface area contributed by atoms with E-state index in [1.807, 2.05) is 0 Å². The summed E-state index contributed by atoms with van der Waals surface area (Å²) in [5, 5.41) is 11.8. The molecular formula is C42H45N. The van der Waals surface area contributed by atoms with Gasteiger partial charge in [0.15, 0.2) is 0 Å². The van der Waals surface area contributed by atoms with E-state index in [4.69, 9.17) is 5.26 Å². The maximum atomic E-state index is 9.11. The van der Waals surface area contributed by atoms with Crippen molar-refractivity contribution in [2.24, 2.45) is 11.8 Å².